The maximum absolute atomic E-state index is 11.4. The molecule has 6 N–H and O–H groups in total. The molecule has 0 amide bonds. The van der Waals surface area contributed by atoms with Crippen LogP contribution < -0.4 is 0 Å². The third-order valence-electron chi connectivity index (χ3n) is 12.5. The van der Waals surface area contributed by atoms with E-state index >= 15 is 0 Å². The summed E-state index contributed by atoms with van der Waals surface area (Å²) >= 11 is 0. The van der Waals surface area contributed by atoms with Crippen LogP contribution in [0, 0.1) is 5.41 Å². The lowest BCUT2D eigenvalue weighted by atomic mass is 9.72. The zero-order chi connectivity index (χ0) is 44.4. The van der Waals surface area contributed by atoms with E-state index in [4.69, 9.17) is 15.3 Å². The third kappa shape index (κ3) is 34.7. The molecule has 3 unspecified atom stereocenters. The van der Waals surface area contributed by atoms with Crippen LogP contribution in [0.2, 0.25) is 0 Å². The second-order valence-corrected chi connectivity index (χ2v) is 17.4. The Balaban J connectivity index is 4.39. The van der Waals surface area contributed by atoms with E-state index in [1.807, 2.05) is 0 Å². The van der Waals surface area contributed by atoms with Crippen molar-refractivity contribution in [1.82, 2.24) is 0 Å². The van der Waals surface area contributed by atoms with Crippen molar-refractivity contribution in [3.63, 3.8) is 0 Å². The van der Waals surface area contributed by atoms with E-state index in [1.165, 1.54) is 161 Å². The van der Waals surface area contributed by atoms with Crippen molar-refractivity contribution in [2.45, 2.75) is 263 Å². The van der Waals surface area contributed by atoms with Gasteiger partial charge in [0.05, 0.1) is 0 Å². The molecule has 3 atom stereocenters. The molecule has 0 heterocycles. The van der Waals surface area contributed by atoms with Crippen molar-refractivity contribution in [3.05, 3.63) is 0 Å². The maximum Gasteiger partial charge on any atom is 0.337 e. The molecular formula is C48H92O12. The first-order valence-electron chi connectivity index (χ1n) is 24.5. The summed E-state index contributed by atoms with van der Waals surface area (Å²) in [6, 6.07) is 0. The zero-order valence-corrected chi connectivity index (χ0v) is 38.1. The Morgan fingerprint density at radius 2 is 0.533 bits per heavy atom. The second kappa shape index (κ2) is 42.5. The fourth-order valence-electron chi connectivity index (χ4n) is 8.49. The van der Waals surface area contributed by atoms with Crippen LogP contribution >= 0.6 is 0 Å². The minimum Gasteiger partial charge on any atom is -0.437 e. The number of aliphatic hydroxyl groups is 6. The molecule has 0 aromatic carbocycles. The molecule has 0 spiro atoms. The van der Waals surface area contributed by atoms with Crippen LogP contribution in [0.25, 0.3) is 0 Å². The summed E-state index contributed by atoms with van der Waals surface area (Å²) < 4.78 is 13.3. The fraction of sp³-hybridized carbons (Fsp3) is 0.938. The minimum atomic E-state index is -1.13. The number of esters is 3. The van der Waals surface area contributed by atoms with Gasteiger partial charge in [-0.05, 0) is 43.9 Å². The van der Waals surface area contributed by atoms with E-state index in [0.29, 0.717) is 24.7 Å². The van der Waals surface area contributed by atoms with Crippen molar-refractivity contribution in [2.24, 2.45) is 5.41 Å². The first kappa shape index (κ1) is 58.2. The highest BCUT2D eigenvalue weighted by Crippen LogP contribution is 2.40. The summed E-state index contributed by atoms with van der Waals surface area (Å²) in [6.07, 6.45) is 38.6. The molecule has 0 radical (unpaired) electrons. The minimum absolute atomic E-state index is 0.387. The Morgan fingerprint density at radius 1 is 0.350 bits per heavy atom. The van der Waals surface area contributed by atoms with Crippen LogP contribution in [-0.4, -0.2) is 87.2 Å². The summed E-state index contributed by atoms with van der Waals surface area (Å²) in [5, 5.41) is 55.1. The molecule has 12 heteroatoms. The van der Waals surface area contributed by atoms with Gasteiger partial charge in [-0.3, -0.25) is 0 Å². The molecule has 0 bridgehead atoms. The molecule has 0 saturated carbocycles. The highest BCUT2D eigenvalue weighted by Gasteiger charge is 2.26. The molecule has 0 rings (SSSR count). The van der Waals surface area contributed by atoms with Gasteiger partial charge in [-0.1, -0.05) is 206 Å². The van der Waals surface area contributed by atoms with Crippen LogP contribution in [-0.2, 0) is 28.6 Å². The number of rotatable bonds is 46. The van der Waals surface area contributed by atoms with E-state index in [0.717, 1.165) is 57.8 Å². The number of aliphatic hydroxyl groups excluding tert-OH is 6. The van der Waals surface area contributed by atoms with Crippen molar-refractivity contribution < 1.29 is 59.2 Å². The van der Waals surface area contributed by atoms with Crippen LogP contribution in [0.1, 0.15) is 244 Å². The Morgan fingerprint density at radius 3 is 0.717 bits per heavy atom. The van der Waals surface area contributed by atoms with Crippen LogP contribution in [0.15, 0.2) is 0 Å². The van der Waals surface area contributed by atoms with Gasteiger partial charge in [0, 0.05) is 0 Å². The van der Waals surface area contributed by atoms with E-state index in [2.05, 4.69) is 21.1 Å². The van der Waals surface area contributed by atoms with Gasteiger partial charge >= 0.3 is 17.9 Å². The Labute approximate surface area is 364 Å². The largest absolute Gasteiger partial charge is 0.437 e. The van der Waals surface area contributed by atoms with Gasteiger partial charge in [-0.25, -0.2) is 14.4 Å². The monoisotopic (exact) mass is 861 g/mol. The standard InChI is InChI=1S/C48H92O12/c1-2-48(36-30-24-18-12-6-3-9-15-21-27-33-42(52)45(55)58-39-49,37-31-25-19-13-7-4-10-16-22-28-34-43(53)46(56)59-40-50)38-32-26-20-14-8-5-11-17-23-29-35-44(54)47(57)60-41-51/h42-44,49-54H,2-41H2,1H3. The van der Waals surface area contributed by atoms with Crippen LogP contribution in [0.5, 0.6) is 0 Å². The van der Waals surface area contributed by atoms with Gasteiger partial charge in [-0.15, -0.1) is 0 Å². The number of hydrogen-bond acceptors (Lipinski definition) is 12. The molecule has 12 nitrogen and oxygen atoms in total. The number of carbonyl (C=O) groups excluding carboxylic acids is 3. The van der Waals surface area contributed by atoms with E-state index in [-0.39, 0.29) is 0 Å². The Kier molecular flexibility index (Phi) is 41.2. The lowest BCUT2D eigenvalue weighted by Gasteiger charge is -2.34. The molecule has 356 valence electrons. The lowest BCUT2D eigenvalue weighted by molar-refractivity contribution is -0.163. The molecule has 0 saturated heterocycles. The Hall–Kier alpha value is -1.83. The molecule has 0 aliphatic heterocycles. The van der Waals surface area contributed by atoms with Crippen LogP contribution in [0.4, 0.5) is 0 Å². The normalized spacial score (nSPS) is 14.1. The highest BCUT2D eigenvalue weighted by atomic mass is 16.6. The predicted molar refractivity (Wildman–Crippen MR) is 236 cm³/mol. The molecule has 0 aromatic heterocycles. The highest BCUT2D eigenvalue weighted by molar-refractivity contribution is 5.74. The van der Waals surface area contributed by atoms with E-state index < -0.39 is 56.6 Å². The first-order chi connectivity index (χ1) is 29.2. The van der Waals surface area contributed by atoms with Crippen molar-refractivity contribution in [2.75, 3.05) is 20.4 Å². The molecule has 60 heavy (non-hydrogen) atoms. The molecule has 0 aromatic rings. The zero-order valence-electron chi connectivity index (χ0n) is 38.1. The molecule has 0 fully saturated rings. The smallest absolute Gasteiger partial charge is 0.337 e. The van der Waals surface area contributed by atoms with E-state index in [9.17, 15) is 29.7 Å². The summed E-state index contributed by atoms with van der Waals surface area (Å²) in [4.78, 5) is 34.2. The number of ether oxygens (including phenoxy) is 3. The average Bonchev–Trinajstić information content (AvgIpc) is 3.24. The molecule has 0 aliphatic rings. The topological polar surface area (TPSA) is 200 Å². The quantitative estimate of drug-likeness (QED) is 0.0147. The first-order valence-corrected chi connectivity index (χ1v) is 24.5. The maximum atomic E-state index is 11.4. The summed E-state index contributed by atoms with van der Waals surface area (Å²) in [7, 11) is 0. The van der Waals surface area contributed by atoms with Crippen molar-refractivity contribution >= 4 is 17.9 Å². The van der Waals surface area contributed by atoms with Gasteiger partial charge in [0.1, 0.15) is 0 Å². The van der Waals surface area contributed by atoms with Crippen LogP contribution in [0.3, 0.4) is 0 Å². The summed E-state index contributed by atoms with van der Waals surface area (Å²) in [5.41, 5.74) is 0.466. The van der Waals surface area contributed by atoms with Crippen molar-refractivity contribution in [3.8, 4) is 0 Å². The summed E-state index contributed by atoms with van der Waals surface area (Å²) in [5.74, 6) is -2.23. The Bertz CT molecular complexity index is 862. The molecular weight excluding hydrogens is 769 g/mol. The third-order valence-corrected chi connectivity index (χ3v) is 12.5. The van der Waals surface area contributed by atoms with E-state index in [1.54, 1.807) is 0 Å². The lowest BCUT2D eigenvalue weighted by Crippen LogP contribution is -2.23. The number of hydrogen-bond donors (Lipinski definition) is 6. The van der Waals surface area contributed by atoms with Gasteiger partial charge in [0.25, 0.3) is 0 Å². The predicted octanol–water partition coefficient (Wildman–Crippen LogP) is 9.99. The van der Waals surface area contributed by atoms with Gasteiger partial charge < -0.3 is 44.8 Å². The average molecular weight is 861 g/mol. The van der Waals surface area contributed by atoms with Gasteiger partial charge in [0.15, 0.2) is 38.7 Å². The molecule has 0 aliphatic carbocycles. The fourth-order valence-corrected chi connectivity index (χ4v) is 8.49. The van der Waals surface area contributed by atoms with Gasteiger partial charge in [-0.2, -0.15) is 0 Å². The number of carbonyl (C=O) groups is 3. The SMILES string of the molecule is CCC(CCCCCCCCCCCCC(O)C(=O)OCO)(CCCCCCCCCCCCC(O)C(=O)OCO)CCCCCCCCCCCCC(O)C(=O)OCO. The van der Waals surface area contributed by atoms with Gasteiger partial charge in [0.2, 0.25) is 0 Å². The summed E-state index contributed by atoms with van der Waals surface area (Å²) in [6.45, 7) is 0.354. The van der Waals surface area contributed by atoms with Crippen molar-refractivity contribution in [1.29, 1.82) is 0 Å². The second-order valence-electron chi connectivity index (χ2n) is 17.4. The number of unbranched alkanes of at least 4 members (excludes halogenated alkanes) is 27.